The van der Waals surface area contributed by atoms with Crippen molar-refractivity contribution in [1.29, 1.82) is 5.26 Å². The van der Waals surface area contributed by atoms with Gasteiger partial charge in [-0.25, -0.2) is 17.6 Å². The van der Waals surface area contributed by atoms with Crippen LogP contribution in [0.25, 0.3) is 32.2 Å². The lowest BCUT2D eigenvalue weighted by Gasteiger charge is -2.38. The van der Waals surface area contributed by atoms with Gasteiger partial charge in [-0.1, -0.05) is 0 Å². The number of alkyl halides is 2. The van der Waals surface area contributed by atoms with Gasteiger partial charge in [0.2, 0.25) is 0 Å². The van der Waals surface area contributed by atoms with Crippen LogP contribution in [0.1, 0.15) is 42.4 Å². The van der Waals surface area contributed by atoms with Crippen LogP contribution in [-0.4, -0.2) is 77.2 Å². The molecule has 0 saturated carbocycles. The summed E-state index contributed by atoms with van der Waals surface area (Å²) in [6, 6.07) is 0.782. The molecule has 46 heavy (non-hydrogen) atoms. The summed E-state index contributed by atoms with van der Waals surface area (Å²) in [7, 11) is 1.63. The van der Waals surface area contributed by atoms with E-state index in [4.69, 9.17) is 20.2 Å². The van der Waals surface area contributed by atoms with E-state index in [2.05, 4.69) is 20.2 Å². The molecule has 8 rings (SSSR count). The van der Waals surface area contributed by atoms with Crippen molar-refractivity contribution in [3.05, 3.63) is 34.5 Å². The fourth-order valence-corrected chi connectivity index (χ4v) is 8.53. The number of nitrogens with zero attached hydrogens (tertiary/aromatic N) is 6. The molecule has 4 aliphatic rings. The summed E-state index contributed by atoms with van der Waals surface area (Å²) in [6.45, 7) is 1.73. The van der Waals surface area contributed by atoms with Crippen LogP contribution in [-0.2, 0) is 18.0 Å². The first-order chi connectivity index (χ1) is 22.2. The molecule has 3 N–H and O–H groups in total. The number of likely N-dealkylation sites (tertiary alicyclic amines) is 1. The second-order valence-corrected chi connectivity index (χ2v) is 13.5. The molecule has 3 fully saturated rings. The smallest absolute Gasteiger partial charge is 0.319 e. The van der Waals surface area contributed by atoms with E-state index in [0.717, 1.165) is 30.4 Å². The highest BCUT2D eigenvalue weighted by molar-refractivity contribution is 7.23. The molecule has 4 aromatic rings. The zero-order valence-corrected chi connectivity index (χ0v) is 25.7. The van der Waals surface area contributed by atoms with E-state index in [1.54, 1.807) is 11.9 Å². The fourth-order valence-electron chi connectivity index (χ4n) is 7.61. The number of piperidine rings is 1. The average molecular weight is 655 g/mol. The largest absolute Gasteiger partial charge is 0.461 e. The summed E-state index contributed by atoms with van der Waals surface area (Å²) < 4.78 is 73.8. The molecular weight excluding hydrogens is 624 g/mol. The van der Waals surface area contributed by atoms with Crippen molar-refractivity contribution in [2.75, 3.05) is 43.9 Å². The predicted molar refractivity (Wildman–Crippen MR) is 164 cm³/mol. The lowest BCUT2D eigenvalue weighted by Crippen LogP contribution is -2.53. The number of likely N-dealkylation sites (N-methyl/N-ethyl adjacent to an activating group) is 1. The molecule has 3 unspecified atom stereocenters. The molecule has 0 aliphatic carbocycles. The van der Waals surface area contributed by atoms with Crippen LogP contribution in [0.15, 0.2) is 6.20 Å². The number of pyridine rings is 1. The molecule has 4 aliphatic heterocycles. The van der Waals surface area contributed by atoms with E-state index in [1.807, 2.05) is 6.07 Å². The third kappa shape index (κ3) is 4.41. The summed E-state index contributed by atoms with van der Waals surface area (Å²) in [6.07, 6.45) is 2.93. The second kappa shape index (κ2) is 10.9. The number of nitrogens with two attached hydrogens (primary N) is 1. The van der Waals surface area contributed by atoms with Crippen molar-refractivity contribution >= 4 is 43.1 Å². The van der Waals surface area contributed by atoms with Crippen molar-refractivity contribution in [3.63, 3.8) is 0 Å². The number of halogens is 4. The third-order valence-corrected chi connectivity index (χ3v) is 10.9. The summed E-state index contributed by atoms with van der Waals surface area (Å²) in [5.41, 5.74) is 7.24. The number of hydrogen-bond donors (Lipinski definition) is 2. The van der Waals surface area contributed by atoms with Crippen molar-refractivity contribution in [2.45, 2.75) is 62.9 Å². The molecule has 240 valence electrons. The van der Waals surface area contributed by atoms with E-state index in [1.165, 1.54) is 0 Å². The van der Waals surface area contributed by atoms with Crippen LogP contribution < -0.4 is 20.7 Å². The molecule has 3 aromatic heterocycles. The molecule has 0 spiro atoms. The maximum Gasteiger partial charge on any atom is 0.319 e. The van der Waals surface area contributed by atoms with Crippen LogP contribution in [0.3, 0.4) is 0 Å². The molecular formula is C31H30F4N8O2S. The monoisotopic (exact) mass is 654 g/mol. The van der Waals surface area contributed by atoms with Crippen LogP contribution in [0.2, 0.25) is 0 Å². The Hall–Kier alpha value is -3.84. The first-order valence-corrected chi connectivity index (χ1v) is 16.1. The van der Waals surface area contributed by atoms with Gasteiger partial charge in [-0.15, -0.1) is 11.3 Å². The van der Waals surface area contributed by atoms with Crippen molar-refractivity contribution in [1.82, 2.24) is 25.2 Å². The molecule has 3 atom stereocenters. The third-order valence-electron chi connectivity index (χ3n) is 9.84. The Labute approximate surface area is 265 Å². The first kappa shape index (κ1) is 29.6. The van der Waals surface area contributed by atoms with Gasteiger partial charge in [-0.05, 0) is 44.0 Å². The molecule has 2 bridgehead atoms. The van der Waals surface area contributed by atoms with Crippen LogP contribution in [0.4, 0.5) is 28.4 Å². The average Bonchev–Trinajstić information content (AvgIpc) is 3.71. The number of hydrogen-bond acceptors (Lipinski definition) is 11. The zero-order valence-electron chi connectivity index (χ0n) is 24.9. The number of aromatic nitrogens is 3. The van der Waals surface area contributed by atoms with Crippen molar-refractivity contribution < 1.29 is 27.0 Å². The number of benzene rings is 1. The molecule has 0 amide bonds. The summed E-state index contributed by atoms with van der Waals surface area (Å²) in [5, 5.41) is 14.0. The SMILES string of the molecule is CN1CCCC(F)(F)C1COc1nc(N2C3CCC2CNC3)c2c3c(c(-c4ncc(F)c5sc(N)c(C#N)c45)c(F)c2n1)COC3. The van der Waals surface area contributed by atoms with Gasteiger partial charge in [0, 0.05) is 42.5 Å². The van der Waals surface area contributed by atoms with Gasteiger partial charge in [0.15, 0.2) is 11.6 Å². The van der Waals surface area contributed by atoms with Gasteiger partial charge >= 0.3 is 6.01 Å². The molecule has 1 aromatic carbocycles. The quantitative estimate of drug-likeness (QED) is 0.292. The Kier molecular flexibility index (Phi) is 6.98. The van der Waals surface area contributed by atoms with Gasteiger partial charge < -0.3 is 25.4 Å². The van der Waals surface area contributed by atoms with Crippen LogP contribution in [0.5, 0.6) is 6.01 Å². The van der Waals surface area contributed by atoms with Crippen LogP contribution >= 0.6 is 11.3 Å². The minimum atomic E-state index is -2.97. The van der Waals surface area contributed by atoms with Crippen LogP contribution in [0, 0.1) is 23.0 Å². The topological polar surface area (TPSA) is 125 Å². The lowest BCUT2D eigenvalue weighted by atomic mass is 9.93. The number of thiophene rings is 1. The molecule has 0 radical (unpaired) electrons. The molecule has 10 nitrogen and oxygen atoms in total. The number of ether oxygens (including phenoxy) is 2. The maximum absolute atomic E-state index is 17.2. The minimum absolute atomic E-state index is 0.0106. The number of piperazine rings is 1. The number of nitrogen functional groups attached to an aromatic ring is 1. The first-order valence-electron chi connectivity index (χ1n) is 15.3. The highest BCUT2D eigenvalue weighted by Crippen LogP contribution is 2.48. The number of rotatable bonds is 5. The van der Waals surface area contributed by atoms with Gasteiger partial charge in [0.25, 0.3) is 5.92 Å². The molecule has 3 saturated heterocycles. The minimum Gasteiger partial charge on any atom is -0.461 e. The maximum atomic E-state index is 17.2. The van der Waals surface area contributed by atoms with Crippen molar-refractivity contribution in [3.8, 4) is 23.3 Å². The van der Waals surface area contributed by atoms with Gasteiger partial charge in [-0.3, -0.25) is 9.88 Å². The summed E-state index contributed by atoms with van der Waals surface area (Å²) >= 11 is 0.896. The highest BCUT2D eigenvalue weighted by Gasteiger charge is 2.45. The van der Waals surface area contributed by atoms with E-state index in [-0.39, 0.29) is 81.8 Å². The number of fused-ring (bicyclic) bond motifs is 6. The van der Waals surface area contributed by atoms with E-state index in [0.29, 0.717) is 48.4 Å². The normalized spacial score (nSPS) is 24.1. The Bertz CT molecular complexity index is 1930. The predicted octanol–water partition coefficient (Wildman–Crippen LogP) is 4.72. The Morgan fingerprint density at radius 1 is 1.17 bits per heavy atom. The van der Waals surface area contributed by atoms with Gasteiger partial charge in [0.1, 0.15) is 35.1 Å². The summed E-state index contributed by atoms with van der Waals surface area (Å²) in [5.74, 6) is -3.95. The van der Waals surface area contributed by atoms with Gasteiger partial charge in [-0.2, -0.15) is 15.2 Å². The molecule has 15 heteroatoms. The fraction of sp³-hybridized carbons (Fsp3) is 0.484. The Morgan fingerprint density at radius 3 is 2.67 bits per heavy atom. The number of nitrogens with one attached hydrogen (secondary N) is 1. The molecule has 7 heterocycles. The second-order valence-electron chi connectivity index (χ2n) is 12.4. The van der Waals surface area contributed by atoms with Gasteiger partial charge in [0.05, 0.1) is 40.8 Å². The van der Waals surface area contributed by atoms with E-state index >= 15 is 4.39 Å². The zero-order chi connectivity index (χ0) is 31.9. The number of anilines is 2. The summed E-state index contributed by atoms with van der Waals surface area (Å²) in [4.78, 5) is 17.3. The van der Waals surface area contributed by atoms with E-state index in [9.17, 15) is 18.4 Å². The Balaban J connectivity index is 1.36. The van der Waals surface area contributed by atoms with E-state index < -0.39 is 23.6 Å². The highest BCUT2D eigenvalue weighted by atomic mass is 32.1. The lowest BCUT2D eigenvalue weighted by molar-refractivity contribution is -0.117. The Morgan fingerprint density at radius 2 is 1.93 bits per heavy atom. The van der Waals surface area contributed by atoms with Crippen molar-refractivity contribution in [2.24, 2.45) is 0 Å². The number of nitriles is 1. The standard InChI is InChI=1S/C31H30F4N8O2S/c1-42-6-2-5-31(34,35)20(42)13-45-30-40-26-23(29(41-30)43-14-3-4-15(43)9-38-8-14)18-12-44-11-17(18)21(24(26)33)25-22-16(7-36)28(37)46-27(22)19(32)10-39-25/h10,14-15,20,38H,2-6,8-9,11-13,37H2,1H3.